The lowest BCUT2D eigenvalue weighted by atomic mass is 10.1. The van der Waals surface area contributed by atoms with Crippen molar-refractivity contribution in [1.29, 1.82) is 0 Å². The summed E-state index contributed by atoms with van der Waals surface area (Å²) in [5, 5.41) is 3.44. The second-order valence-corrected chi connectivity index (χ2v) is 5.43. The maximum Gasteiger partial charge on any atom is 0.119 e. The van der Waals surface area contributed by atoms with Gasteiger partial charge in [-0.05, 0) is 51.4 Å². The van der Waals surface area contributed by atoms with Crippen LogP contribution in [0.2, 0.25) is 0 Å². The van der Waals surface area contributed by atoms with Crippen LogP contribution in [-0.4, -0.2) is 25.8 Å². The van der Waals surface area contributed by atoms with Crippen molar-refractivity contribution in [3.05, 3.63) is 29.8 Å². The smallest absolute Gasteiger partial charge is 0.119 e. The lowest BCUT2D eigenvalue weighted by molar-refractivity contribution is 0.117. The Morgan fingerprint density at radius 2 is 2.00 bits per heavy atom. The van der Waals surface area contributed by atoms with Crippen LogP contribution in [0.3, 0.4) is 0 Å². The normalized spacial score (nSPS) is 11.6. The molecule has 3 nitrogen and oxygen atoms in total. The van der Waals surface area contributed by atoms with E-state index >= 15 is 0 Å². The number of hydrogen-bond acceptors (Lipinski definition) is 3. The number of nitrogens with one attached hydrogen (secondary N) is 1. The topological polar surface area (TPSA) is 30.5 Å². The second kappa shape index (κ2) is 7.39. The third-order valence-electron chi connectivity index (χ3n) is 2.52. The van der Waals surface area contributed by atoms with Crippen LogP contribution in [0.25, 0.3) is 0 Å². The SMILES string of the molecule is COc1cccc(COCCCNC(C)(C)C)c1. The van der Waals surface area contributed by atoms with Gasteiger partial charge in [-0.1, -0.05) is 12.1 Å². The molecule has 0 aliphatic heterocycles. The van der Waals surface area contributed by atoms with Crippen LogP contribution in [0.1, 0.15) is 32.8 Å². The molecule has 0 bridgehead atoms. The lowest BCUT2D eigenvalue weighted by Gasteiger charge is -2.20. The molecule has 0 aliphatic carbocycles. The van der Waals surface area contributed by atoms with E-state index in [4.69, 9.17) is 9.47 Å². The molecule has 0 atom stereocenters. The maximum absolute atomic E-state index is 5.64. The zero-order chi connectivity index (χ0) is 13.4. The van der Waals surface area contributed by atoms with Crippen molar-refractivity contribution < 1.29 is 9.47 Å². The molecular weight excluding hydrogens is 226 g/mol. The van der Waals surface area contributed by atoms with Crippen LogP contribution in [-0.2, 0) is 11.3 Å². The summed E-state index contributed by atoms with van der Waals surface area (Å²) >= 11 is 0. The third kappa shape index (κ3) is 6.62. The van der Waals surface area contributed by atoms with Crippen molar-refractivity contribution in [2.45, 2.75) is 39.3 Å². The predicted molar refractivity (Wildman–Crippen MR) is 75.0 cm³/mol. The van der Waals surface area contributed by atoms with Gasteiger partial charge in [-0.15, -0.1) is 0 Å². The fraction of sp³-hybridized carbons (Fsp3) is 0.600. The van der Waals surface area contributed by atoms with Gasteiger partial charge in [-0.3, -0.25) is 0 Å². The summed E-state index contributed by atoms with van der Waals surface area (Å²) in [5.41, 5.74) is 1.34. The van der Waals surface area contributed by atoms with E-state index in [0.717, 1.165) is 30.9 Å². The highest BCUT2D eigenvalue weighted by molar-refractivity contribution is 5.27. The Bertz CT molecular complexity index is 345. The molecule has 1 aromatic rings. The molecule has 1 aromatic carbocycles. The van der Waals surface area contributed by atoms with Crippen LogP contribution in [0.15, 0.2) is 24.3 Å². The molecule has 0 fully saturated rings. The molecule has 1 rings (SSSR count). The first-order valence-electron chi connectivity index (χ1n) is 6.47. The van der Waals surface area contributed by atoms with E-state index in [1.54, 1.807) is 7.11 Å². The quantitative estimate of drug-likeness (QED) is 0.756. The molecular formula is C15H25NO2. The summed E-state index contributed by atoms with van der Waals surface area (Å²) < 4.78 is 10.8. The van der Waals surface area contributed by atoms with Gasteiger partial charge in [-0.2, -0.15) is 0 Å². The molecule has 1 N–H and O–H groups in total. The summed E-state index contributed by atoms with van der Waals surface area (Å²) in [4.78, 5) is 0. The average Bonchev–Trinajstić information content (AvgIpc) is 2.32. The number of methoxy groups -OCH3 is 1. The molecule has 0 amide bonds. The van der Waals surface area contributed by atoms with E-state index in [-0.39, 0.29) is 5.54 Å². The zero-order valence-electron chi connectivity index (χ0n) is 12.0. The molecule has 0 radical (unpaired) electrons. The van der Waals surface area contributed by atoms with E-state index < -0.39 is 0 Å². The monoisotopic (exact) mass is 251 g/mol. The Morgan fingerprint density at radius 3 is 2.67 bits per heavy atom. The number of benzene rings is 1. The van der Waals surface area contributed by atoms with Gasteiger partial charge in [0, 0.05) is 12.1 Å². The van der Waals surface area contributed by atoms with Gasteiger partial charge in [0.2, 0.25) is 0 Å². The first kappa shape index (κ1) is 15.0. The summed E-state index contributed by atoms with van der Waals surface area (Å²) in [7, 11) is 1.68. The van der Waals surface area contributed by atoms with Gasteiger partial charge in [0.1, 0.15) is 5.75 Å². The molecule has 0 aliphatic rings. The highest BCUT2D eigenvalue weighted by Gasteiger charge is 2.06. The third-order valence-corrected chi connectivity index (χ3v) is 2.52. The van der Waals surface area contributed by atoms with Gasteiger partial charge < -0.3 is 14.8 Å². The Hall–Kier alpha value is -1.06. The zero-order valence-corrected chi connectivity index (χ0v) is 12.0. The summed E-state index contributed by atoms with van der Waals surface area (Å²) in [5.74, 6) is 0.880. The maximum atomic E-state index is 5.64. The van der Waals surface area contributed by atoms with Crippen molar-refractivity contribution in [2.24, 2.45) is 0 Å². The fourth-order valence-electron chi connectivity index (χ4n) is 1.59. The van der Waals surface area contributed by atoms with Gasteiger partial charge in [-0.25, -0.2) is 0 Å². The lowest BCUT2D eigenvalue weighted by Crippen LogP contribution is -2.36. The van der Waals surface area contributed by atoms with Crippen LogP contribution in [0.5, 0.6) is 5.75 Å². The summed E-state index contributed by atoms with van der Waals surface area (Å²) in [6, 6.07) is 7.98. The Balaban J connectivity index is 2.14. The van der Waals surface area contributed by atoms with E-state index in [1.807, 2.05) is 18.2 Å². The summed E-state index contributed by atoms with van der Waals surface area (Å²) in [6.45, 7) is 8.92. The average molecular weight is 251 g/mol. The van der Waals surface area contributed by atoms with Gasteiger partial charge >= 0.3 is 0 Å². The summed E-state index contributed by atoms with van der Waals surface area (Å²) in [6.07, 6.45) is 1.03. The molecule has 102 valence electrons. The standard InChI is InChI=1S/C15H25NO2/c1-15(2,3)16-9-6-10-18-12-13-7-5-8-14(11-13)17-4/h5,7-8,11,16H,6,9-10,12H2,1-4H3. The van der Waals surface area contributed by atoms with E-state index in [0.29, 0.717) is 6.61 Å². The molecule has 3 heteroatoms. The van der Waals surface area contributed by atoms with Crippen LogP contribution in [0.4, 0.5) is 0 Å². The van der Waals surface area contributed by atoms with Crippen molar-refractivity contribution in [2.75, 3.05) is 20.3 Å². The molecule has 0 heterocycles. The number of ether oxygens (including phenoxy) is 2. The van der Waals surface area contributed by atoms with Gasteiger partial charge in [0.25, 0.3) is 0 Å². The Kier molecular flexibility index (Phi) is 6.16. The fourth-order valence-corrected chi connectivity index (χ4v) is 1.59. The van der Waals surface area contributed by atoms with Crippen LogP contribution < -0.4 is 10.1 Å². The molecule has 0 unspecified atom stereocenters. The first-order valence-corrected chi connectivity index (χ1v) is 6.47. The Labute approximate surface area is 110 Å². The van der Waals surface area contributed by atoms with Crippen molar-refractivity contribution >= 4 is 0 Å². The Morgan fingerprint density at radius 1 is 1.22 bits per heavy atom. The molecule has 0 spiro atoms. The molecule has 0 saturated heterocycles. The highest BCUT2D eigenvalue weighted by Crippen LogP contribution is 2.13. The molecule has 0 saturated carbocycles. The van der Waals surface area contributed by atoms with E-state index in [2.05, 4.69) is 32.2 Å². The van der Waals surface area contributed by atoms with E-state index in [1.165, 1.54) is 0 Å². The number of rotatable bonds is 7. The second-order valence-electron chi connectivity index (χ2n) is 5.43. The minimum Gasteiger partial charge on any atom is -0.497 e. The van der Waals surface area contributed by atoms with Crippen LogP contribution in [0, 0.1) is 0 Å². The number of hydrogen-bond donors (Lipinski definition) is 1. The predicted octanol–water partition coefficient (Wildman–Crippen LogP) is 2.99. The van der Waals surface area contributed by atoms with Crippen molar-refractivity contribution in [1.82, 2.24) is 5.32 Å². The van der Waals surface area contributed by atoms with Crippen molar-refractivity contribution in [3.8, 4) is 5.75 Å². The van der Waals surface area contributed by atoms with E-state index in [9.17, 15) is 0 Å². The van der Waals surface area contributed by atoms with Crippen LogP contribution >= 0.6 is 0 Å². The minimum absolute atomic E-state index is 0.187. The van der Waals surface area contributed by atoms with Gasteiger partial charge in [0.15, 0.2) is 0 Å². The van der Waals surface area contributed by atoms with Crippen molar-refractivity contribution in [3.63, 3.8) is 0 Å². The highest BCUT2D eigenvalue weighted by atomic mass is 16.5. The molecule has 18 heavy (non-hydrogen) atoms. The largest absolute Gasteiger partial charge is 0.497 e. The minimum atomic E-state index is 0.187. The molecule has 0 aromatic heterocycles. The first-order chi connectivity index (χ1) is 8.51. The van der Waals surface area contributed by atoms with Gasteiger partial charge in [0.05, 0.1) is 13.7 Å².